The number of benzene rings is 2. The summed E-state index contributed by atoms with van der Waals surface area (Å²) in [5.41, 5.74) is 3.42. The van der Waals surface area contributed by atoms with Crippen molar-refractivity contribution < 1.29 is 9.84 Å². The minimum Gasteiger partial charge on any atom is -0.394 e. The Morgan fingerprint density at radius 3 is 1.79 bits per heavy atom. The van der Waals surface area contributed by atoms with E-state index in [4.69, 9.17) is 4.74 Å². The number of aliphatic hydroxyl groups excluding tert-OH is 1. The van der Waals surface area contributed by atoms with Gasteiger partial charge < -0.3 is 9.84 Å². The number of hydrogen-bond acceptors (Lipinski definition) is 3. The molecule has 3 heteroatoms. The Bertz CT molecular complexity index is 677. The molecule has 0 fully saturated rings. The van der Waals surface area contributed by atoms with Gasteiger partial charge in [0.2, 0.25) is 0 Å². The Kier molecular flexibility index (Phi) is 5.72. The number of nitrogens with zero attached hydrogens (tertiary/aromatic N) is 1. The van der Waals surface area contributed by atoms with Crippen LogP contribution in [0.15, 0.2) is 85.2 Å². The van der Waals surface area contributed by atoms with Crippen molar-refractivity contribution in [3.8, 4) is 0 Å². The molecule has 1 N–H and O–H groups in total. The van der Waals surface area contributed by atoms with Crippen LogP contribution in [-0.2, 0) is 4.74 Å². The molecule has 0 saturated heterocycles. The van der Waals surface area contributed by atoms with Crippen molar-refractivity contribution in [3.05, 3.63) is 102 Å². The molecule has 3 nitrogen and oxygen atoms in total. The van der Waals surface area contributed by atoms with E-state index in [0.29, 0.717) is 6.61 Å². The molecular formula is C21H21NO2. The van der Waals surface area contributed by atoms with Gasteiger partial charge in [0.05, 0.1) is 19.3 Å². The molecule has 0 aliphatic heterocycles. The summed E-state index contributed by atoms with van der Waals surface area (Å²) in [4.78, 5) is 4.11. The van der Waals surface area contributed by atoms with Gasteiger partial charge in [-0.1, -0.05) is 60.7 Å². The molecule has 0 aliphatic rings. The highest BCUT2D eigenvalue weighted by Crippen LogP contribution is 2.39. The van der Waals surface area contributed by atoms with Gasteiger partial charge in [-0.3, -0.25) is 4.98 Å². The van der Waals surface area contributed by atoms with Crippen LogP contribution < -0.4 is 0 Å². The number of aromatic nitrogens is 1. The molecule has 0 radical (unpaired) electrons. The minimum absolute atomic E-state index is 0.00210. The second kappa shape index (κ2) is 8.39. The van der Waals surface area contributed by atoms with E-state index in [1.54, 1.807) is 12.4 Å². The molecule has 122 valence electrons. The van der Waals surface area contributed by atoms with Gasteiger partial charge in [-0.15, -0.1) is 0 Å². The molecule has 1 unspecified atom stereocenters. The fourth-order valence-corrected chi connectivity index (χ4v) is 2.98. The average molecular weight is 319 g/mol. The van der Waals surface area contributed by atoms with Crippen LogP contribution >= 0.6 is 0 Å². The van der Waals surface area contributed by atoms with Gasteiger partial charge in [0.15, 0.2) is 0 Å². The van der Waals surface area contributed by atoms with Crippen molar-refractivity contribution >= 4 is 0 Å². The van der Waals surface area contributed by atoms with Crippen LogP contribution in [0.3, 0.4) is 0 Å². The van der Waals surface area contributed by atoms with Gasteiger partial charge in [0.1, 0.15) is 0 Å². The maximum Gasteiger partial charge on any atom is 0.0936 e. The first-order chi connectivity index (χ1) is 11.9. The predicted octanol–water partition coefficient (Wildman–Crippen LogP) is 3.96. The molecule has 0 aliphatic carbocycles. The highest BCUT2D eigenvalue weighted by molar-refractivity contribution is 5.36. The Balaban J connectivity index is 2.07. The summed E-state index contributed by atoms with van der Waals surface area (Å²) in [5.74, 6) is 0.0429. The first-order valence-corrected chi connectivity index (χ1v) is 8.12. The Hall–Kier alpha value is -2.49. The third-order valence-corrected chi connectivity index (χ3v) is 4.04. The highest BCUT2D eigenvalue weighted by atomic mass is 16.5. The summed E-state index contributed by atoms with van der Waals surface area (Å²) in [5, 5.41) is 9.25. The SMILES string of the molecule is OCCOC(c1ccncc1)C(c1ccccc1)c1ccccc1. The standard InChI is InChI=1S/C21H21NO2/c23-15-16-24-21(19-11-13-22-14-12-19)20(17-7-3-1-4-8-17)18-9-5-2-6-10-18/h1-14,20-21,23H,15-16H2. The average Bonchev–Trinajstić information content (AvgIpc) is 2.67. The summed E-state index contributed by atoms with van der Waals surface area (Å²) in [6.07, 6.45) is 3.36. The molecule has 1 heterocycles. The smallest absolute Gasteiger partial charge is 0.0936 e. The van der Waals surface area contributed by atoms with Crippen molar-refractivity contribution in [2.75, 3.05) is 13.2 Å². The quantitative estimate of drug-likeness (QED) is 0.716. The number of ether oxygens (including phenoxy) is 1. The lowest BCUT2D eigenvalue weighted by atomic mass is 9.83. The summed E-state index contributed by atoms with van der Waals surface area (Å²) in [7, 11) is 0. The van der Waals surface area contributed by atoms with E-state index in [1.165, 1.54) is 11.1 Å². The topological polar surface area (TPSA) is 42.4 Å². The number of rotatable bonds is 7. The summed E-state index contributed by atoms with van der Waals surface area (Å²) in [6, 6.07) is 24.6. The summed E-state index contributed by atoms with van der Waals surface area (Å²) < 4.78 is 6.07. The number of aliphatic hydroxyl groups is 1. The zero-order valence-corrected chi connectivity index (χ0v) is 13.5. The van der Waals surface area contributed by atoms with Crippen LogP contribution in [0, 0.1) is 0 Å². The maximum atomic E-state index is 9.25. The molecule has 3 aromatic rings. The number of hydrogen-bond donors (Lipinski definition) is 1. The fourth-order valence-electron chi connectivity index (χ4n) is 2.98. The van der Waals surface area contributed by atoms with Gasteiger partial charge in [0.25, 0.3) is 0 Å². The van der Waals surface area contributed by atoms with Crippen molar-refractivity contribution in [3.63, 3.8) is 0 Å². The van der Waals surface area contributed by atoms with E-state index >= 15 is 0 Å². The summed E-state index contributed by atoms with van der Waals surface area (Å²) >= 11 is 0. The first-order valence-electron chi connectivity index (χ1n) is 8.12. The predicted molar refractivity (Wildman–Crippen MR) is 94.7 cm³/mol. The zero-order valence-electron chi connectivity index (χ0n) is 13.5. The van der Waals surface area contributed by atoms with Crippen molar-refractivity contribution in [2.45, 2.75) is 12.0 Å². The Labute approximate surface area is 142 Å². The normalized spacial score (nSPS) is 12.2. The molecular weight excluding hydrogens is 298 g/mol. The van der Waals surface area contributed by atoms with E-state index in [9.17, 15) is 5.11 Å². The van der Waals surface area contributed by atoms with Gasteiger partial charge in [-0.05, 0) is 28.8 Å². The van der Waals surface area contributed by atoms with Crippen molar-refractivity contribution in [1.82, 2.24) is 4.98 Å². The minimum atomic E-state index is -0.190. The van der Waals surface area contributed by atoms with E-state index in [2.05, 4.69) is 29.2 Å². The van der Waals surface area contributed by atoms with Gasteiger partial charge in [-0.2, -0.15) is 0 Å². The van der Waals surface area contributed by atoms with Crippen LogP contribution in [0.4, 0.5) is 0 Å². The molecule has 1 aromatic heterocycles. The van der Waals surface area contributed by atoms with E-state index in [-0.39, 0.29) is 18.6 Å². The lowest BCUT2D eigenvalue weighted by Gasteiger charge is -2.28. The van der Waals surface area contributed by atoms with Crippen molar-refractivity contribution in [2.24, 2.45) is 0 Å². The van der Waals surface area contributed by atoms with E-state index in [1.807, 2.05) is 48.5 Å². The van der Waals surface area contributed by atoms with Crippen molar-refractivity contribution in [1.29, 1.82) is 0 Å². The maximum absolute atomic E-state index is 9.25. The summed E-state index contributed by atoms with van der Waals surface area (Å²) in [6.45, 7) is 0.293. The lowest BCUT2D eigenvalue weighted by molar-refractivity contribution is 0.0184. The second-order valence-corrected chi connectivity index (χ2v) is 5.59. The van der Waals surface area contributed by atoms with Gasteiger partial charge in [-0.25, -0.2) is 0 Å². The van der Waals surface area contributed by atoms with E-state index in [0.717, 1.165) is 5.56 Å². The van der Waals surface area contributed by atoms with Crippen LogP contribution in [0.5, 0.6) is 0 Å². The molecule has 3 rings (SSSR count). The molecule has 2 aromatic carbocycles. The third kappa shape index (κ3) is 3.88. The second-order valence-electron chi connectivity index (χ2n) is 5.59. The third-order valence-electron chi connectivity index (χ3n) is 4.04. The monoisotopic (exact) mass is 319 g/mol. The van der Waals surface area contributed by atoms with Gasteiger partial charge in [0, 0.05) is 18.3 Å². The van der Waals surface area contributed by atoms with Crippen LogP contribution in [0.25, 0.3) is 0 Å². The molecule has 0 bridgehead atoms. The highest BCUT2D eigenvalue weighted by Gasteiger charge is 2.27. The first kappa shape index (κ1) is 16.4. The van der Waals surface area contributed by atoms with Crippen LogP contribution in [0.1, 0.15) is 28.7 Å². The molecule has 1 atom stereocenters. The largest absolute Gasteiger partial charge is 0.394 e. The van der Waals surface area contributed by atoms with Gasteiger partial charge >= 0.3 is 0 Å². The van der Waals surface area contributed by atoms with Crippen LogP contribution in [0.2, 0.25) is 0 Å². The zero-order chi connectivity index (χ0) is 16.6. The number of pyridine rings is 1. The fraction of sp³-hybridized carbons (Fsp3) is 0.190. The van der Waals surface area contributed by atoms with E-state index < -0.39 is 0 Å². The Morgan fingerprint density at radius 1 is 0.750 bits per heavy atom. The molecule has 0 amide bonds. The molecule has 0 spiro atoms. The molecule has 24 heavy (non-hydrogen) atoms. The Morgan fingerprint density at radius 2 is 1.29 bits per heavy atom. The molecule has 0 saturated carbocycles. The lowest BCUT2D eigenvalue weighted by Crippen LogP contribution is -2.18. The van der Waals surface area contributed by atoms with Crippen LogP contribution in [-0.4, -0.2) is 23.3 Å².